The molecular formula is C12H14BrNO4. The fourth-order valence-electron chi connectivity index (χ4n) is 2.16. The van der Waals surface area contributed by atoms with E-state index in [0.29, 0.717) is 24.1 Å². The van der Waals surface area contributed by atoms with Gasteiger partial charge < -0.3 is 14.4 Å². The van der Waals surface area contributed by atoms with Crippen LogP contribution in [0.25, 0.3) is 0 Å². The van der Waals surface area contributed by atoms with Crippen LogP contribution in [0.3, 0.4) is 0 Å². The molecule has 1 fully saturated rings. The van der Waals surface area contributed by atoms with Crippen molar-refractivity contribution in [3.63, 3.8) is 0 Å². The number of halogens is 1. The lowest BCUT2D eigenvalue weighted by molar-refractivity contribution is -0.143. The number of aryl methyl sites for hydroxylation is 1. The fraction of sp³-hybridized carbons (Fsp3) is 0.500. The first-order valence-electron chi connectivity index (χ1n) is 5.77. The highest BCUT2D eigenvalue weighted by molar-refractivity contribution is 9.10. The van der Waals surface area contributed by atoms with E-state index in [1.165, 1.54) is 0 Å². The molecule has 1 aliphatic heterocycles. The van der Waals surface area contributed by atoms with E-state index in [2.05, 4.69) is 15.9 Å². The van der Waals surface area contributed by atoms with Gasteiger partial charge in [0, 0.05) is 18.7 Å². The number of aliphatic carboxylic acids is 1. The first kappa shape index (κ1) is 13.1. The molecule has 0 spiro atoms. The monoisotopic (exact) mass is 315 g/mol. The third-order valence-corrected chi connectivity index (χ3v) is 3.53. The summed E-state index contributed by atoms with van der Waals surface area (Å²) in [5, 5.41) is 9.00. The van der Waals surface area contributed by atoms with Crippen molar-refractivity contribution in [2.75, 3.05) is 13.1 Å². The van der Waals surface area contributed by atoms with E-state index in [9.17, 15) is 9.59 Å². The molecule has 1 saturated heterocycles. The molecule has 0 unspecified atom stereocenters. The number of hydrogen-bond donors (Lipinski definition) is 1. The van der Waals surface area contributed by atoms with Gasteiger partial charge in [-0.3, -0.25) is 9.59 Å². The van der Waals surface area contributed by atoms with Gasteiger partial charge >= 0.3 is 5.97 Å². The number of rotatable bonds is 2. The van der Waals surface area contributed by atoms with E-state index in [4.69, 9.17) is 9.52 Å². The van der Waals surface area contributed by atoms with Gasteiger partial charge in [-0.25, -0.2) is 0 Å². The molecule has 1 aromatic heterocycles. The summed E-state index contributed by atoms with van der Waals surface area (Å²) in [5.74, 6) is -1.26. The van der Waals surface area contributed by atoms with Gasteiger partial charge in [0.05, 0.1) is 5.92 Å². The number of nitrogens with zero attached hydrogens (tertiary/aromatic N) is 1. The maximum absolute atomic E-state index is 12.2. The highest BCUT2D eigenvalue weighted by atomic mass is 79.9. The summed E-state index contributed by atoms with van der Waals surface area (Å²) in [7, 11) is 0. The van der Waals surface area contributed by atoms with E-state index < -0.39 is 11.9 Å². The Morgan fingerprint density at radius 2 is 2.28 bits per heavy atom. The first-order chi connectivity index (χ1) is 8.49. The van der Waals surface area contributed by atoms with Crippen LogP contribution in [-0.2, 0) is 4.79 Å². The summed E-state index contributed by atoms with van der Waals surface area (Å²) in [6.07, 6.45) is 1.34. The first-order valence-corrected chi connectivity index (χ1v) is 6.56. The molecule has 2 heterocycles. The number of amides is 1. The molecule has 0 radical (unpaired) electrons. The van der Waals surface area contributed by atoms with Crippen LogP contribution in [0.4, 0.5) is 0 Å². The van der Waals surface area contributed by atoms with Crippen LogP contribution in [0.1, 0.15) is 29.0 Å². The third kappa shape index (κ3) is 2.58. The normalized spacial score (nSPS) is 19.9. The number of carbonyl (C=O) groups excluding carboxylic acids is 1. The zero-order chi connectivity index (χ0) is 13.3. The number of hydrogen-bond acceptors (Lipinski definition) is 3. The van der Waals surface area contributed by atoms with Crippen molar-refractivity contribution in [2.24, 2.45) is 5.92 Å². The van der Waals surface area contributed by atoms with E-state index in [1.807, 2.05) is 0 Å². The number of carboxylic acid groups (broad SMARTS) is 1. The summed E-state index contributed by atoms with van der Waals surface area (Å²) in [4.78, 5) is 24.7. The van der Waals surface area contributed by atoms with Crippen molar-refractivity contribution < 1.29 is 19.1 Å². The fourth-order valence-corrected chi connectivity index (χ4v) is 2.67. The van der Waals surface area contributed by atoms with Crippen molar-refractivity contribution in [3.05, 3.63) is 22.1 Å². The SMILES string of the molecule is Cc1cc(Br)oc1C(=O)N1CCC[C@H](C(=O)O)C1. The average Bonchev–Trinajstić information content (AvgIpc) is 2.67. The van der Waals surface area contributed by atoms with Crippen LogP contribution in [0.2, 0.25) is 0 Å². The molecule has 18 heavy (non-hydrogen) atoms. The molecule has 0 saturated carbocycles. The largest absolute Gasteiger partial charge is 0.481 e. The Morgan fingerprint density at radius 1 is 1.56 bits per heavy atom. The molecule has 0 bridgehead atoms. The quantitative estimate of drug-likeness (QED) is 0.909. The highest BCUT2D eigenvalue weighted by Gasteiger charge is 2.30. The molecule has 1 amide bonds. The molecule has 1 aromatic rings. The van der Waals surface area contributed by atoms with E-state index in [-0.39, 0.29) is 18.2 Å². The molecule has 98 valence electrons. The smallest absolute Gasteiger partial charge is 0.308 e. The second kappa shape index (κ2) is 5.14. The van der Waals surface area contributed by atoms with Gasteiger partial charge in [0.25, 0.3) is 5.91 Å². The highest BCUT2D eigenvalue weighted by Crippen LogP contribution is 2.24. The number of piperidine rings is 1. The van der Waals surface area contributed by atoms with Crippen LogP contribution in [0, 0.1) is 12.8 Å². The number of likely N-dealkylation sites (tertiary alicyclic amines) is 1. The van der Waals surface area contributed by atoms with Gasteiger partial charge in [0.1, 0.15) is 0 Å². The maximum Gasteiger partial charge on any atom is 0.308 e. The molecule has 2 rings (SSSR count). The van der Waals surface area contributed by atoms with E-state index >= 15 is 0 Å². The zero-order valence-electron chi connectivity index (χ0n) is 9.98. The van der Waals surface area contributed by atoms with Crippen molar-refractivity contribution in [1.29, 1.82) is 0 Å². The minimum atomic E-state index is -0.843. The molecule has 6 heteroatoms. The number of furan rings is 1. The van der Waals surface area contributed by atoms with Gasteiger partial charge in [-0.05, 0) is 41.8 Å². The lowest BCUT2D eigenvalue weighted by atomic mass is 9.98. The van der Waals surface area contributed by atoms with Gasteiger partial charge in [0.15, 0.2) is 10.4 Å². The Hall–Kier alpha value is -1.30. The summed E-state index contributed by atoms with van der Waals surface area (Å²) < 4.78 is 5.81. The average molecular weight is 316 g/mol. The van der Waals surface area contributed by atoms with Crippen LogP contribution in [-0.4, -0.2) is 35.0 Å². The third-order valence-electron chi connectivity index (χ3n) is 3.14. The molecule has 1 atom stereocenters. The van der Waals surface area contributed by atoms with Gasteiger partial charge in [0.2, 0.25) is 0 Å². The maximum atomic E-state index is 12.2. The molecule has 5 nitrogen and oxygen atoms in total. The van der Waals surface area contributed by atoms with Gasteiger partial charge in [-0.15, -0.1) is 0 Å². The Balaban J connectivity index is 2.14. The van der Waals surface area contributed by atoms with E-state index in [1.54, 1.807) is 17.9 Å². The molecule has 1 N–H and O–H groups in total. The summed E-state index contributed by atoms with van der Waals surface area (Å²) in [6, 6.07) is 1.73. The van der Waals surface area contributed by atoms with Crippen LogP contribution in [0.5, 0.6) is 0 Å². The number of carboxylic acids is 1. The lowest BCUT2D eigenvalue weighted by Gasteiger charge is -2.30. The predicted molar refractivity (Wildman–Crippen MR) is 67.4 cm³/mol. The summed E-state index contributed by atoms with van der Waals surface area (Å²) in [5.41, 5.74) is 0.754. The number of carbonyl (C=O) groups is 2. The van der Waals surface area contributed by atoms with Crippen LogP contribution < -0.4 is 0 Å². The second-order valence-electron chi connectivity index (χ2n) is 4.49. The van der Waals surface area contributed by atoms with Crippen molar-refractivity contribution in [2.45, 2.75) is 19.8 Å². The Bertz CT molecular complexity index is 482. The van der Waals surface area contributed by atoms with Gasteiger partial charge in [-0.1, -0.05) is 0 Å². The summed E-state index contributed by atoms with van der Waals surface area (Å²) >= 11 is 3.18. The second-order valence-corrected chi connectivity index (χ2v) is 5.27. The molecular weight excluding hydrogens is 302 g/mol. The van der Waals surface area contributed by atoms with Crippen LogP contribution in [0.15, 0.2) is 15.2 Å². The van der Waals surface area contributed by atoms with Crippen molar-refractivity contribution >= 4 is 27.8 Å². The van der Waals surface area contributed by atoms with E-state index in [0.717, 1.165) is 5.56 Å². The Morgan fingerprint density at radius 3 is 2.83 bits per heavy atom. The minimum absolute atomic E-state index is 0.232. The van der Waals surface area contributed by atoms with Gasteiger partial charge in [-0.2, -0.15) is 0 Å². The minimum Gasteiger partial charge on any atom is -0.481 e. The topological polar surface area (TPSA) is 70.8 Å². The molecule has 0 aromatic carbocycles. The molecule has 0 aliphatic carbocycles. The van der Waals surface area contributed by atoms with Crippen LogP contribution >= 0.6 is 15.9 Å². The standard InChI is InChI=1S/C12H14BrNO4/c1-7-5-9(13)18-10(7)11(15)14-4-2-3-8(6-14)12(16)17/h5,8H,2-4,6H2,1H3,(H,16,17)/t8-/m0/s1. The predicted octanol–water partition coefficient (Wildman–Crippen LogP) is 2.29. The van der Waals surface area contributed by atoms with Crippen molar-refractivity contribution in [3.8, 4) is 0 Å². The Labute approximate surface area is 113 Å². The summed E-state index contributed by atoms with van der Waals surface area (Å²) in [6.45, 7) is 2.63. The Kier molecular flexibility index (Phi) is 3.75. The lowest BCUT2D eigenvalue weighted by Crippen LogP contribution is -2.42. The zero-order valence-corrected chi connectivity index (χ0v) is 11.6. The molecule has 1 aliphatic rings. The van der Waals surface area contributed by atoms with Crippen molar-refractivity contribution in [1.82, 2.24) is 4.90 Å².